The van der Waals surface area contributed by atoms with Gasteiger partial charge in [-0.1, -0.05) is 12.1 Å². The van der Waals surface area contributed by atoms with Gasteiger partial charge in [0.25, 0.3) is 0 Å². The molecular formula is C14H13N3O4. The number of aromatic carboxylic acids is 1. The molecular weight excluding hydrogens is 274 g/mol. The number of anilines is 1. The Hall–Kier alpha value is -2.96. The molecule has 2 rings (SSSR count). The van der Waals surface area contributed by atoms with Gasteiger partial charge in [0.1, 0.15) is 11.9 Å². The highest BCUT2D eigenvalue weighted by molar-refractivity contribution is 5.87. The smallest absolute Gasteiger partial charge is 0.335 e. The summed E-state index contributed by atoms with van der Waals surface area (Å²) in [6.45, 7) is 0.497. The lowest BCUT2D eigenvalue weighted by Crippen LogP contribution is -2.07. The van der Waals surface area contributed by atoms with E-state index in [0.717, 1.165) is 5.56 Å². The van der Waals surface area contributed by atoms with Crippen molar-refractivity contribution in [1.29, 1.82) is 0 Å². The van der Waals surface area contributed by atoms with Crippen molar-refractivity contribution in [2.45, 2.75) is 6.42 Å². The Kier molecular flexibility index (Phi) is 4.45. The van der Waals surface area contributed by atoms with Gasteiger partial charge in [0.15, 0.2) is 0 Å². The van der Waals surface area contributed by atoms with Crippen LogP contribution in [0.25, 0.3) is 0 Å². The fraction of sp³-hybridized carbons (Fsp3) is 0.143. The minimum Gasteiger partial charge on any atom is -0.478 e. The average molecular weight is 287 g/mol. The van der Waals surface area contributed by atoms with Crippen molar-refractivity contribution >= 4 is 17.3 Å². The molecule has 0 radical (unpaired) electrons. The molecule has 1 aromatic heterocycles. The first-order valence-electron chi connectivity index (χ1n) is 6.22. The number of carbonyl (C=O) groups is 1. The molecule has 0 aliphatic rings. The number of benzene rings is 1. The number of nitrogens with zero attached hydrogens (tertiary/aromatic N) is 2. The molecule has 0 saturated carbocycles. The summed E-state index contributed by atoms with van der Waals surface area (Å²) in [5.41, 5.74) is 1.52. The number of nitrogens with one attached hydrogen (secondary N) is 1. The van der Waals surface area contributed by atoms with Crippen molar-refractivity contribution in [2.24, 2.45) is 0 Å². The minimum absolute atomic E-state index is 0.0706. The molecule has 0 amide bonds. The molecule has 2 N–H and O–H groups in total. The van der Waals surface area contributed by atoms with E-state index in [4.69, 9.17) is 5.11 Å². The molecule has 2 aromatic rings. The Morgan fingerprint density at radius 2 is 2.00 bits per heavy atom. The average Bonchev–Trinajstić information content (AvgIpc) is 2.48. The lowest BCUT2D eigenvalue weighted by atomic mass is 10.1. The lowest BCUT2D eigenvalue weighted by Gasteiger charge is -2.07. The number of nitro groups is 1. The Morgan fingerprint density at radius 3 is 2.62 bits per heavy atom. The van der Waals surface area contributed by atoms with Gasteiger partial charge in [-0.2, -0.15) is 0 Å². The summed E-state index contributed by atoms with van der Waals surface area (Å²) in [4.78, 5) is 24.8. The molecule has 1 aromatic carbocycles. The predicted octanol–water partition coefficient (Wildman–Crippen LogP) is 2.34. The summed E-state index contributed by atoms with van der Waals surface area (Å²) in [5, 5.41) is 22.6. The first kappa shape index (κ1) is 14.4. The van der Waals surface area contributed by atoms with Crippen molar-refractivity contribution in [3.8, 4) is 0 Å². The normalized spacial score (nSPS) is 10.1. The fourth-order valence-corrected chi connectivity index (χ4v) is 1.84. The summed E-state index contributed by atoms with van der Waals surface area (Å²) in [6.07, 6.45) is 3.31. The SMILES string of the molecule is O=C(O)c1ccc(CCNc2ccncc2[N+](=O)[O-])cc1. The van der Waals surface area contributed by atoms with Gasteiger partial charge in [-0.3, -0.25) is 15.1 Å². The van der Waals surface area contributed by atoms with Crippen molar-refractivity contribution in [1.82, 2.24) is 4.98 Å². The standard InChI is InChI=1S/C14H13N3O4/c18-14(19)11-3-1-10(2-4-11)5-8-16-12-6-7-15-9-13(12)17(20)21/h1-4,6-7,9H,5,8H2,(H,15,16)(H,18,19). The Labute approximate surface area is 120 Å². The Bertz CT molecular complexity index is 656. The Balaban J connectivity index is 1.95. The maximum Gasteiger partial charge on any atom is 0.335 e. The number of aromatic nitrogens is 1. The second-order valence-electron chi connectivity index (χ2n) is 4.33. The van der Waals surface area contributed by atoms with Crippen LogP contribution < -0.4 is 5.32 Å². The van der Waals surface area contributed by atoms with E-state index in [1.54, 1.807) is 18.2 Å². The minimum atomic E-state index is -0.966. The third kappa shape index (κ3) is 3.75. The van der Waals surface area contributed by atoms with Crippen molar-refractivity contribution in [3.05, 3.63) is 64.0 Å². The highest BCUT2D eigenvalue weighted by atomic mass is 16.6. The molecule has 0 bridgehead atoms. The highest BCUT2D eigenvalue weighted by Crippen LogP contribution is 2.21. The van der Waals surface area contributed by atoms with E-state index in [1.807, 2.05) is 0 Å². The maximum absolute atomic E-state index is 10.8. The second-order valence-corrected chi connectivity index (χ2v) is 4.33. The van der Waals surface area contributed by atoms with Crippen LogP contribution in [0.15, 0.2) is 42.7 Å². The number of carboxylic acid groups (broad SMARTS) is 1. The first-order chi connectivity index (χ1) is 10.1. The molecule has 0 spiro atoms. The Morgan fingerprint density at radius 1 is 1.29 bits per heavy atom. The van der Waals surface area contributed by atoms with E-state index < -0.39 is 10.9 Å². The van der Waals surface area contributed by atoms with Gasteiger partial charge in [0.05, 0.1) is 10.5 Å². The highest BCUT2D eigenvalue weighted by Gasteiger charge is 2.12. The van der Waals surface area contributed by atoms with Crippen LogP contribution in [0.3, 0.4) is 0 Å². The van der Waals surface area contributed by atoms with Crippen LogP contribution in [0.2, 0.25) is 0 Å². The third-order valence-electron chi connectivity index (χ3n) is 2.93. The fourth-order valence-electron chi connectivity index (χ4n) is 1.84. The molecule has 1 heterocycles. The molecule has 0 atom stereocenters. The van der Waals surface area contributed by atoms with Gasteiger partial charge in [0.2, 0.25) is 0 Å². The topological polar surface area (TPSA) is 105 Å². The summed E-state index contributed by atoms with van der Waals surface area (Å²) in [5.74, 6) is -0.966. The van der Waals surface area contributed by atoms with Crippen molar-refractivity contribution in [2.75, 3.05) is 11.9 Å². The second kappa shape index (κ2) is 6.47. The van der Waals surface area contributed by atoms with Gasteiger partial charge >= 0.3 is 11.7 Å². The van der Waals surface area contributed by atoms with E-state index >= 15 is 0 Å². The number of pyridine rings is 1. The van der Waals surface area contributed by atoms with Gasteiger partial charge in [-0.05, 0) is 30.2 Å². The molecule has 7 nitrogen and oxygen atoms in total. The number of hydrogen-bond acceptors (Lipinski definition) is 5. The zero-order chi connectivity index (χ0) is 15.2. The van der Waals surface area contributed by atoms with Crippen LogP contribution in [0.4, 0.5) is 11.4 Å². The summed E-state index contributed by atoms with van der Waals surface area (Å²) in [6, 6.07) is 8.07. The molecule has 0 aliphatic carbocycles. The molecule has 0 aliphatic heterocycles. The number of hydrogen-bond donors (Lipinski definition) is 2. The van der Waals surface area contributed by atoms with Crippen molar-refractivity contribution in [3.63, 3.8) is 0 Å². The van der Waals surface area contributed by atoms with Crippen LogP contribution in [-0.2, 0) is 6.42 Å². The van der Waals surface area contributed by atoms with E-state index in [-0.39, 0.29) is 11.3 Å². The number of rotatable bonds is 6. The summed E-state index contributed by atoms with van der Waals surface area (Å²) >= 11 is 0. The van der Waals surface area contributed by atoms with Crippen molar-refractivity contribution < 1.29 is 14.8 Å². The van der Waals surface area contributed by atoms with E-state index in [9.17, 15) is 14.9 Å². The molecule has 21 heavy (non-hydrogen) atoms. The zero-order valence-corrected chi connectivity index (χ0v) is 11.0. The summed E-state index contributed by atoms with van der Waals surface area (Å²) < 4.78 is 0. The molecule has 0 unspecified atom stereocenters. The van der Waals surface area contributed by atoms with Crippen LogP contribution >= 0.6 is 0 Å². The van der Waals surface area contributed by atoms with E-state index in [2.05, 4.69) is 10.3 Å². The largest absolute Gasteiger partial charge is 0.478 e. The van der Waals surface area contributed by atoms with Crippen LogP contribution in [-0.4, -0.2) is 27.5 Å². The molecule has 108 valence electrons. The predicted molar refractivity (Wildman–Crippen MR) is 76.5 cm³/mol. The lowest BCUT2D eigenvalue weighted by molar-refractivity contribution is -0.384. The van der Waals surface area contributed by atoms with Crippen LogP contribution in [0.5, 0.6) is 0 Å². The number of carboxylic acids is 1. The quantitative estimate of drug-likeness (QED) is 0.624. The van der Waals surface area contributed by atoms with Gasteiger partial charge in [-0.25, -0.2) is 4.79 Å². The molecule has 0 saturated heterocycles. The first-order valence-corrected chi connectivity index (χ1v) is 6.22. The van der Waals surface area contributed by atoms with Gasteiger partial charge in [-0.15, -0.1) is 0 Å². The van der Waals surface area contributed by atoms with E-state index in [0.29, 0.717) is 18.7 Å². The zero-order valence-electron chi connectivity index (χ0n) is 11.0. The van der Waals surface area contributed by atoms with Gasteiger partial charge < -0.3 is 10.4 Å². The summed E-state index contributed by atoms with van der Waals surface area (Å²) in [7, 11) is 0. The third-order valence-corrected chi connectivity index (χ3v) is 2.93. The van der Waals surface area contributed by atoms with E-state index in [1.165, 1.54) is 24.5 Å². The molecule has 0 fully saturated rings. The monoisotopic (exact) mass is 287 g/mol. The van der Waals surface area contributed by atoms with Gasteiger partial charge in [0, 0.05) is 12.7 Å². The maximum atomic E-state index is 10.8. The van der Waals surface area contributed by atoms with Crippen LogP contribution in [0, 0.1) is 10.1 Å². The van der Waals surface area contributed by atoms with Crippen LogP contribution in [0.1, 0.15) is 15.9 Å². The molecule has 7 heteroatoms.